The summed E-state index contributed by atoms with van der Waals surface area (Å²) in [6.07, 6.45) is 19.2. The van der Waals surface area contributed by atoms with Crippen LogP contribution < -0.4 is 38.6 Å². The average molecular weight is 623 g/mol. The number of aromatic nitrogens is 1. The van der Waals surface area contributed by atoms with Gasteiger partial charge in [-0.1, -0.05) is 90.5 Å². The number of hydrogen-bond acceptors (Lipinski definition) is 2. The minimum Gasteiger partial charge on any atom is -1.00 e. The first-order valence-electron chi connectivity index (χ1n) is 14.6. The van der Waals surface area contributed by atoms with Crippen molar-refractivity contribution in [3.63, 3.8) is 0 Å². The SMILES string of the molecule is CCCCCCCCCCCCCCOc1ccc(C(C)NC(=O)c2cccc[n+]2CCC)c(C)c1.[I-]. The molecule has 0 aliphatic rings. The lowest BCUT2D eigenvalue weighted by Gasteiger charge is -2.17. The van der Waals surface area contributed by atoms with Gasteiger partial charge in [0.15, 0.2) is 6.20 Å². The van der Waals surface area contributed by atoms with Crippen LogP contribution in [0.5, 0.6) is 5.75 Å². The summed E-state index contributed by atoms with van der Waals surface area (Å²) in [5.41, 5.74) is 2.97. The third-order valence-corrected chi connectivity index (χ3v) is 6.96. The molecule has 1 amide bonds. The van der Waals surface area contributed by atoms with Gasteiger partial charge in [-0.05, 0) is 49.6 Å². The lowest BCUT2D eigenvalue weighted by Crippen LogP contribution is -3.00. The monoisotopic (exact) mass is 622 g/mol. The molecule has 2 rings (SSSR count). The van der Waals surface area contributed by atoms with Gasteiger partial charge in [-0.25, -0.2) is 0 Å². The Morgan fingerprint density at radius 1 is 0.865 bits per heavy atom. The predicted octanol–water partition coefficient (Wildman–Crippen LogP) is 5.27. The molecule has 2 aromatic rings. The zero-order valence-electron chi connectivity index (χ0n) is 23.9. The molecule has 1 heterocycles. The Labute approximate surface area is 244 Å². The van der Waals surface area contributed by atoms with Crippen LogP contribution in [0.25, 0.3) is 0 Å². The maximum atomic E-state index is 12.9. The highest BCUT2D eigenvalue weighted by molar-refractivity contribution is 5.91. The number of rotatable bonds is 19. The molecule has 4 nitrogen and oxygen atoms in total. The van der Waals surface area contributed by atoms with E-state index < -0.39 is 0 Å². The lowest BCUT2D eigenvalue weighted by atomic mass is 10.0. The topological polar surface area (TPSA) is 42.2 Å². The van der Waals surface area contributed by atoms with Crippen LogP contribution in [0.4, 0.5) is 0 Å². The number of nitrogens with zero attached hydrogens (tertiary/aromatic N) is 1. The summed E-state index contributed by atoms with van der Waals surface area (Å²) >= 11 is 0. The molecule has 208 valence electrons. The van der Waals surface area contributed by atoms with Crippen LogP contribution in [0.15, 0.2) is 42.6 Å². The number of unbranched alkanes of at least 4 members (excludes halogenated alkanes) is 11. The third kappa shape index (κ3) is 13.1. The number of carbonyl (C=O) groups is 1. The van der Waals surface area contributed by atoms with Crippen molar-refractivity contribution in [1.82, 2.24) is 5.32 Å². The van der Waals surface area contributed by atoms with Gasteiger partial charge in [-0.15, -0.1) is 0 Å². The first kappa shape index (κ1) is 33.4. The van der Waals surface area contributed by atoms with Gasteiger partial charge in [0.1, 0.15) is 12.3 Å². The Morgan fingerprint density at radius 2 is 1.49 bits per heavy atom. The normalized spacial score (nSPS) is 11.6. The molecule has 0 aliphatic heterocycles. The number of benzene rings is 1. The van der Waals surface area contributed by atoms with E-state index in [9.17, 15) is 4.79 Å². The van der Waals surface area contributed by atoms with Gasteiger partial charge in [-0.2, -0.15) is 4.57 Å². The van der Waals surface area contributed by atoms with Crippen LogP contribution in [-0.4, -0.2) is 12.5 Å². The zero-order valence-corrected chi connectivity index (χ0v) is 26.0. The van der Waals surface area contributed by atoms with Gasteiger partial charge in [0.05, 0.1) is 12.6 Å². The second-order valence-electron chi connectivity index (χ2n) is 10.2. The van der Waals surface area contributed by atoms with Crippen LogP contribution in [0.2, 0.25) is 0 Å². The molecule has 0 spiro atoms. The van der Waals surface area contributed by atoms with Crippen molar-refractivity contribution in [2.75, 3.05) is 6.61 Å². The van der Waals surface area contributed by atoms with Gasteiger partial charge in [0.2, 0.25) is 0 Å². The van der Waals surface area contributed by atoms with Crippen LogP contribution in [0, 0.1) is 6.92 Å². The smallest absolute Gasteiger partial charge is 0.316 e. The van der Waals surface area contributed by atoms with Crippen LogP contribution in [-0.2, 0) is 6.54 Å². The van der Waals surface area contributed by atoms with Crippen LogP contribution >= 0.6 is 0 Å². The maximum Gasteiger partial charge on any atom is 0.316 e. The Bertz CT molecular complexity index is 887. The molecule has 0 radical (unpaired) electrons. The molecule has 0 aliphatic carbocycles. The number of pyridine rings is 1. The van der Waals surface area contributed by atoms with Crippen molar-refractivity contribution in [1.29, 1.82) is 0 Å². The van der Waals surface area contributed by atoms with E-state index in [1.165, 1.54) is 70.6 Å². The van der Waals surface area contributed by atoms with E-state index in [0.717, 1.165) is 42.9 Å². The van der Waals surface area contributed by atoms with Crippen LogP contribution in [0.1, 0.15) is 132 Å². The predicted molar refractivity (Wildman–Crippen MR) is 151 cm³/mol. The number of amides is 1. The maximum absolute atomic E-state index is 12.9. The Balaban J connectivity index is 0.00000684. The first-order chi connectivity index (χ1) is 17.6. The summed E-state index contributed by atoms with van der Waals surface area (Å²) in [5.74, 6) is 0.880. The van der Waals surface area contributed by atoms with Crippen LogP contribution in [0.3, 0.4) is 0 Å². The molecule has 37 heavy (non-hydrogen) atoms. The highest BCUT2D eigenvalue weighted by atomic mass is 127. The van der Waals surface area contributed by atoms with Gasteiger partial charge in [0.25, 0.3) is 5.69 Å². The minimum atomic E-state index is -0.0711. The van der Waals surface area contributed by atoms with Gasteiger partial charge in [-0.3, -0.25) is 4.79 Å². The molecular formula is C32H51IN2O2. The first-order valence-corrected chi connectivity index (χ1v) is 14.6. The molecule has 0 saturated heterocycles. The fourth-order valence-corrected chi connectivity index (χ4v) is 4.82. The summed E-state index contributed by atoms with van der Waals surface area (Å²) in [4.78, 5) is 12.9. The minimum absolute atomic E-state index is 0. The third-order valence-electron chi connectivity index (χ3n) is 6.96. The Morgan fingerprint density at radius 3 is 2.08 bits per heavy atom. The van der Waals surface area contributed by atoms with E-state index in [2.05, 4.69) is 38.2 Å². The average Bonchev–Trinajstić information content (AvgIpc) is 2.87. The molecule has 1 N–H and O–H groups in total. The molecule has 0 fully saturated rings. The van der Waals surface area contributed by atoms with Gasteiger partial charge >= 0.3 is 5.91 Å². The van der Waals surface area contributed by atoms with E-state index in [4.69, 9.17) is 4.74 Å². The summed E-state index contributed by atoms with van der Waals surface area (Å²) in [5, 5.41) is 3.17. The molecule has 0 saturated carbocycles. The van der Waals surface area contributed by atoms with Crippen molar-refractivity contribution < 1.29 is 38.1 Å². The molecule has 1 aromatic carbocycles. The van der Waals surface area contributed by atoms with Crippen molar-refractivity contribution in [3.8, 4) is 5.75 Å². The number of aryl methyl sites for hydroxylation is 2. The Hall–Kier alpha value is -1.63. The van der Waals surface area contributed by atoms with Gasteiger partial charge < -0.3 is 34.0 Å². The fraction of sp³-hybridized carbons (Fsp3) is 0.625. The quantitative estimate of drug-likeness (QED) is 0.132. The molecule has 0 bridgehead atoms. The fourth-order valence-electron chi connectivity index (χ4n) is 4.82. The number of hydrogen-bond donors (Lipinski definition) is 1. The van der Waals surface area contributed by atoms with Crippen molar-refractivity contribution in [3.05, 3.63) is 59.4 Å². The zero-order chi connectivity index (χ0) is 26.0. The summed E-state index contributed by atoms with van der Waals surface area (Å²) < 4.78 is 8.03. The highest BCUT2D eigenvalue weighted by Gasteiger charge is 2.21. The number of ether oxygens (including phenoxy) is 1. The number of nitrogens with one attached hydrogen (secondary N) is 1. The Kier molecular flexibility index (Phi) is 18.4. The molecule has 1 atom stereocenters. The highest BCUT2D eigenvalue weighted by Crippen LogP contribution is 2.23. The van der Waals surface area contributed by atoms with E-state index in [1.54, 1.807) is 0 Å². The molecule has 5 heteroatoms. The molecular weight excluding hydrogens is 571 g/mol. The second-order valence-corrected chi connectivity index (χ2v) is 10.2. The van der Waals surface area contributed by atoms with Crippen molar-refractivity contribution in [2.45, 2.75) is 124 Å². The standard InChI is InChI=1S/C32H50N2O2.HI/c1-5-7-8-9-10-11-12-13-14-15-16-19-25-36-29-21-22-30(27(3)26-29)28(4)33-32(35)31-20-17-18-24-34(31)23-6-2;/h17-18,20-22,24,26,28H,5-16,19,23,25H2,1-4H3;1H. The number of halogens is 1. The second kappa shape index (κ2) is 20.3. The lowest BCUT2D eigenvalue weighted by molar-refractivity contribution is -0.698. The van der Waals surface area contributed by atoms with E-state index >= 15 is 0 Å². The van der Waals surface area contributed by atoms with E-state index in [-0.39, 0.29) is 35.9 Å². The molecule has 1 aromatic heterocycles. The largest absolute Gasteiger partial charge is 1.00 e. The van der Waals surface area contributed by atoms with Gasteiger partial charge in [0, 0.05) is 18.6 Å². The molecule has 1 unspecified atom stereocenters. The summed E-state index contributed by atoms with van der Waals surface area (Å²) in [6, 6.07) is 11.9. The van der Waals surface area contributed by atoms with Crippen molar-refractivity contribution in [2.24, 2.45) is 0 Å². The summed E-state index contributed by atoms with van der Waals surface area (Å²) in [7, 11) is 0. The summed E-state index contributed by atoms with van der Waals surface area (Å²) in [6.45, 7) is 10.1. The van der Waals surface area contributed by atoms with E-state index in [1.807, 2.05) is 42.0 Å². The number of carbonyl (C=O) groups excluding carboxylic acids is 1. The van der Waals surface area contributed by atoms with E-state index in [0.29, 0.717) is 5.69 Å². The van der Waals surface area contributed by atoms with Crippen molar-refractivity contribution >= 4 is 5.91 Å².